The van der Waals surface area contributed by atoms with Gasteiger partial charge in [-0.2, -0.15) is 5.20 Å². The summed E-state index contributed by atoms with van der Waals surface area (Å²) in [5, 5.41) is 14.1. The Kier molecular flexibility index (Phi) is 8.10. The SMILES string of the molecule is C[Si](C)(CCO)C1=[C-]CC2=C1[Si]2(C)C.[Cl-].[Cl-].[Zr+3]. The van der Waals surface area contributed by atoms with Crippen molar-refractivity contribution in [3.05, 3.63) is 21.7 Å². The van der Waals surface area contributed by atoms with Gasteiger partial charge >= 0.3 is 26.2 Å². The van der Waals surface area contributed by atoms with Gasteiger partial charge in [0.05, 0.1) is 0 Å². The predicted octanol–water partition coefficient (Wildman–Crippen LogP) is -3.54. The van der Waals surface area contributed by atoms with Gasteiger partial charge in [0.1, 0.15) is 0 Å². The third-order valence-electron chi connectivity index (χ3n) is 3.72. The van der Waals surface area contributed by atoms with Gasteiger partial charge in [-0.3, -0.25) is 6.08 Å². The molecular weight excluding hydrogens is 366 g/mol. The van der Waals surface area contributed by atoms with Crippen molar-refractivity contribution in [2.24, 2.45) is 0 Å². The molecule has 0 saturated carbocycles. The number of aliphatic hydroxyl groups excluding tert-OH is 1. The molecule has 1 heterocycles. The van der Waals surface area contributed by atoms with Crippen LogP contribution in [0.3, 0.4) is 0 Å². The van der Waals surface area contributed by atoms with Gasteiger partial charge < -0.3 is 29.9 Å². The summed E-state index contributed by atoms with van der Waals surface area (Å²) in [4.78, 5) is 0. The Bertz CT molecular complexity index is 351. The summed E-state index contributed by atoms with van der Waals surface area (Å²) in [7, 11) is -2.37. The smallest absolute Gasteiger partial charge is 1.00 e. The molecule has 1 aliphatic heterocycles. The molecule has 95 valence electrons. The predicted molar refractivity (Wildman–Crippen MR) is 65.3 cm³/mol. The number of rotatable bonds is 3. The van der Waals surface area contributed by atoms with Crippen LogP contribution in [-0.2, 0) is 26.2 Å². The van der Waals surface area contributed by atoms with Crippen LogP contribution in [0.1, 0.15) is 6.42 Å². The molecule has 1 nitrogen and oxygen atoms in total. The summed E-state index contributed by atoms with van der Waals surface area (Å²) in [5.74, 6) is 0. The van der Waals surface area contributed by atoms with E-state index in [0.717, 1.165) is 12.5 Å². The molecule has 6 heteroatoms. The molecule has 0 aromatic carbocycles. The van der Waals surface area contributed by atoms with E-state index in [1.807, 2.05) is 0 Å². The van der Waals surface area contributed by atoms with Crippen molar-refractivity contribution >= 4 is 16.1 Å². The number of aliphatic hydroxyl groups is 1. The minimum atomic E-state index is -1.35. The number of hydrogen-bond acceptors (Lipinski definition) is 1. The second-order valence-electron chi connectivity index (χ2n) is 5.56. The van der Waals surface area contributed by atoms with E-state index in [-0.39, 0.29) is 51.0 Å². The van der Waals surface area contributed by atoms with Crippen molar-refractivity contribution in [3.8, 4) is 0 Å². The fraction of sp³-hybridized carbons (Fsp3) is 0.636. The molecule has 1 radical (unpaired) electrons. The van der Waals surface area contributed by atoms with E-state index in [0.29, 0.717) is 6.61 Å². The minimum Gasteiger partial charge on any atom is -1.00 e. The molecule has 0 atom stereocenters. The summed E-state index contributed by atoms with van der Waals surface area (Å²) in [6.07, 6.45) is 4.68. The molecule has 0 saturated heterocycles. The summed E-state index contributed by atoms with van der Waals surface area (Å²) in [5.41, 5.74) is 0. The second kappa shape index (κ2) is 6.67. The normalized spacial score (nSPS) is 19.5. The molecule has 0 bridgehead atoms. The van der Waals surface area contributed by atoms with Gasteiger partial charge in [0.15, 0.2) is 0 Å². The summed E-state index contributed by atoms with van der Waals surface area (Å²) in [6.45, 7) is 9.97. The molecule has 17 heavy (non-hydrogen) atoms. The Morgan fingerprint density at radius 2 is 1.82 bits per heavy atom. The maximum absolute atomic E-state index is 9.08. The average molecular weight is 386 g/mol. The molecule has 0 unspecified atom stereocenters. The van der Waals surface area contributed by atoms with Crippen molar-refractivity contribution < 1.29 is 56.1 Å². The first kappa shape index (κ1) is 20.7. The van der Waals surface area contributed by atoms with Gasteiger partial charge in [-0.25, -0.2) is 10.4 Å². The van der Waals surface area contributed by atoms with Crippen LogP contribution in [0.4, 0.5) is 0 Å². The Balaban J connectivity index is 0. The molecule has 1 N–H and O–H groups in total. The van der Waals surface area contributed by atoms with Crippen LogP contribution in [0.2, 0.25) is 32.2 Å². The van der Waals surface area contributed by atoms with E-state index in [2.05, 4.69) is 32.3 Å². The molecule has 0 fully saturated rings. The van der Waals surface area contributed by atoms with Crippen LogP contribution in [0, 0.1) is 6.08 Å². The zero-order valence-electron chi connectivity index (χ0n) is 10.8. The van der Waals surface area contributed by atoms with Crippen LogP contribution in [0.5, 0.6) is 0 Å². The molecule has 2 aliphatic rings. The molecule has 0 amide bonds. The largest absolute Gasteiger partial charge is 3.00 e. The molecule has 0 aromatic rings. The van der Waals surface area contributed by atoms with Gasteiger partial charge in [0, 0.05) is 14.7 Å². The fourth-order valence-corrected chi connectivity index (χ4v) is 10.1. The van der Waals surface area contributed by atoms with Gasteiger partial charge in [-0.1, -0.05) is 26.2 Å². The molecule has 0 aromatic heterocycles. The molecule has 0 spiro atoms. The van der Waals surface area contributed by atoms with Crippen LogP contribution >= 0.6 is 0 Å². The van der Waals surface area contributed by atoms with Gasteiger partial charge in [-0.15, -0.1) is 6.42 Å². The quantitative estimate of drug-likeness (QED) is 0.394. The monoisotopic (exact) mass is 383 g/mol. The third-order valence-corrected chi connectivity index (χ3v) is 10.7. The standard InChI is InChI=1S/C11H19OSi2.2ClH.Zr/c1-13(2,8-7-12)9-5-6-10-11(9)14(10,3)4;;;/h12H,6-8H2,1-4H3;2*1H;/q-1;;;+3/p-2. The van der Waals surface area contributed by atoms with E-state index in [4.69, 9.17) is 5.11 Å². The van der Waals surface area contributed by atoms with Crippen LogP contribution in [-0.4, -0.2) is 27.9 Å². The number of hydrogen-bond donors (Lipinski definition) is 1. The second-order valence-corrected chi connectivity index (χ2v) is 14.7. The topological polar surface area (TPSA) is 20.2 Å². The van der Waals surface area contributed by atoms with Crippen molar-refractivity contribution in [3.63, 3.8) is 0 Å². The Labute approximate surface area is 138 Å². The number of halogens is 2. The van der Waals surface area contributed by atoms with E-state index < -0.39 is 16.1 Å². The van der Waals surface area contributed by atoms with E-state index in [1.165, 1.54) is 0 Å². The molecule has 1 aliphatic carbocycles. The molecule has 2 rings (SSSR count). The summed E-state index contributed by atoms with van der Waals surface area (Å²) >= 11 is 0. The zero-order valence-corrected chi connectivity index (χ0v) is 16.8. The minimum absolute atomic E-state index is 0. The van der Waals surface area contributed by atoms with E-state index in [9.17, 15) is 0 Å². The first-order valence-corrected chi connectivity index (χ1v) is 11.6. The molecular formula is C11H19Cl2OSi2Zr. The maximum Gasteiger partial charge on any atom is 3.00 e. The van der Waals surface area contributed by atoms with Crippen LogP contribution in [0.15, 0.2) is 15.6 Å². The van der Waals surface area contributed by atoms with Crippen molar-refractivity contribution in [1.29, 1.82) is 0 Å². The van der Waals surface area contributed by atoms with Crippen molar-refractivity contribution in [1.82, 2.24) is 0 Å². The Morgan fingerprint density at radius 3 is 2.18 bits per heavy atom. The maximum atomic E-state index is 9.08. The average Bonchev–Trinajstić information content (AvgIpc) is 2.49. The van der Waals surface area contributed by atoms with Crippen molar-refractivity contribution in [2.75, 3.05) is 6.61 Å². The zero-order chi connectivity index (χ0) is 10.6. The van der Waals surface area contributed by atoms with Crippen LogP contribution < -0.4 is 24.8 Å². The number of allylic oxidation sites excluding steroid dienone is 4. The Morgan fingerprint density at radius 1 is 1.29 bits per heavy atom. The van der Waals surface area contributed by atoms with E-state index in [1.54, 1.807) is 15.6 Å². The first-order valence-electron chi connectivity index (χ1n) is 5.38. The van der Waals surface area contributed by atoms with Gasteiger partial charge in [-0.05, 0) is 14.1 Å². The van der Waals surface area contributed by atoms with Gasteiger partial charge in [0.2, 0.25) is 0 Å². The first-order chi connectivity index (χ1) is 6.41. The summed E-state index contributed by atoms with van der Waals surface area (Å²) < 4.78 is 0. The fourth-order valence-electron chi connectivity index (χ4n) is 2.57. The third kappa shape index (κ3) is 3.46. The van der Waals surface area contributed by atoms with Gasteiger partial charge in [0.25, 0.3) is 0 Å². The van der Waals surface area contributed by atoms with E-state index >= 15 is 0 Å². The van der Waals surface area contributed by atoms with Crippen molar-refractivity contribution in [2.45, 2.75) is 38.7 Å². The van der Waals surface area contributed by atoms with Crippen LogP contribution in [0.25, 0.3) is 0 Å². The summed E-state index contributed by atoms with van der Waals surface area (Å²) in [6, 6.07) is 0.997. The Hall–Kier alpha value is 1.34.